The number of aryl methyl sites for hydroxylation is 3. The predicted octanol–water partition coefficient (Wildman–Crippen LogP) is 3.78. The van der Waals surface area contributed by atoms with E-state index in [1.807, 2.05) is 19.1 Å². The van der Waals surface area contributed by atoms with Crippen molar-refractivity contribution in [3.63, 3.8) is 0 Å². The summed E-state index contributed by atoms with van der Waals surface area (Å²) in [5.41, 5.74) is 2.47. The molecule has 7 rings (SSSR count). The van der Waals surface area contributed by atoms with Crippen molar-refractivity contribution in [2.45, 2.75) is 58.4 Å². The molecule has 306 valence electrons. The van der Waals surface area contributed by atoms with Gasteiger partial charge in [0.05, 0.1) is 28.0 Å². The van der Waals surface area contributed by atoms with Gasteiger partial charge in [-0.3, -0.25) is 43.8 Å². The first kappa shape index (κ1) is 40.9. The number of fused-ring (bicyclic) bond motifs is 1. The third-order valence-electron chi connectivity index (χ3n) is 10.3. The van der Waals surface area contributed by atoms with Crippen molar-refractivity contribution in [1.29, 1.82) is 0 Å². The Labute approximate surface area is 347 Å². The SMILES string of the molecule is Cc1nc(Nc2ncc(C(=O)Nc3c(C)cccc3Cl)s2)cc(N2CCN(C(=O)CCC(=O)NCCCc3cccc4c3C(=O)N(C3CCC(=O)NC3=O)C4=O)CC2)n1. The topological polar surface area (TPSA) is 216 Å². The van der Waals surface area contributed by atoms with E-state index in [4.69, 9.17) is 11.6 Å². The number of para-hydroxylation sites is 1. The summed E-state index contributed by atoms with van der Waals surface area (Å²) >= 11 is 7.44. The van der Waals surface area contributed by atoms with Crippen LogP contribution >= 0.6 is 22.9 Å². The van der Waals surface area contributed by atoms with Gasteiger partial charge in [-0.25, -0.2) is 15.0 Å². The van der Waals surface area contributed by atoms with E-state index in [1.165, 1.54) is 17.5 Å². The molecule has 3 aliphatic rings. The molecule has 5 heterocycles. The molecular formula is C40H41ClN10O7S. The zero-order chi connectivity index (χ0) is 41.8. The Morgan fingerprint density at radius 3 is 2.51 bits per heavy atom. The van der Waals surface area contributed by atoms with Gasteiger partial charge in [0.15, 0.2) is 5.13 Å². The van der Waals surface area contributed by atoms with Gasteiger partial charge in [0.25, 0.3) is 17.7 Å². The van der Waals surface area contributed by atoms with Crippen LogP contribution in [-0.4, -0.2) is 105 Å². The number of benzene rings is 2. The van der Waals surface area contributed by atoms with Crippen LogP contribution < -0.4 is 26.2 Å². The fraction of sp³-hybridized carbons (Fsp3) is 0.350. The zero-order valence-corrected chi connectivity index (χ0v) is 33.9. The van der Waals surface area contributed by atoms with Gasteiger partial charge >= 0.3 is 0 Å². The number of halogens is 1. The fourth-order valence-electron chi connectivity index (χ4n) is 7.24. The normalized spacial score (nSPS) is 16.5. The van der Waals surface area contributed by atoms with Crippen LogP contribution in [0, 0.1) is 13.8 Å². The van der Waals surface area contributed by atoms with E-state index < -0.39 is 29.7 Å². The Morgan fingerprint density at radius 1 is 0.966 bits per heavy atom. The highest BCUT2D eigenvalue weighted by molar-refractivity contribution is 7.17. The molecule has 3 aliphatic heterocycles. The Bertz CT molecular complexity index is 2340. The average Bonchev–Trinajstić information content (AvgIpc) is 3.78. The summed E-state index contributed by atoms with van der Waals surface area (Å²) in [4.78, 5) is 108. The molecule has 2 aromatic carbocycles. The summed E-state index contributed by atoms with van der Waals surface area (Å²) in [5, 5.41) is 12.0. The number of imide groups is 2. The number of aromatic nitrogens is 3. The Hall–Kier alpha value is -6.27. The number of rotatable bonds is 13. The van der Waals surface area contributed by atoms with Crippen molar-refractivity contribution in [2.75, 3.05) is 48.3 Å². The van der Waals surface area contributed by atoms with E-state index in [1.54, 1.807) is 42.2 Å². The minimum atomic E-state index is -1.04. The van der Waals surface area contributed by atoms with E-state index in [0.29, 0.717) is 89.3 Å². The van der Waals surface area contributed by atoms with Crippen LogP contribution in [-0.2, 0) is 25.6 Å². The maximum absolute atomic E-state index is 13.3. The van der Waals surface area contributed by atoms with Crippen LogP contribution in [0.3, 0.4) is 0 Å². The van der Waals surface area contributed by atoms with Gasteiger partial charge in [-0.15, -0.1) is 0 Å². The van der Waals surface area contributed by atoms with E-state index in [9.17, 15) is 33.6 Å². The van der Waals surface area contributed by atoms with E-state index >= 15 is 0 Å². The van der Waals surface area contributed by atoms with Crippen LogP contribution in [0.15, 0.2) is 48.7 Å². The number of hydrogen-bond donors (Lipinski definition) is 4. The van der Waals surface area contributed by atoms with Crippen molar-refractivity contribution < 1.29 is 33.6 Å². The lowest BCUT2D eigenvalue weighted by Gasteiger charge is -2.35. The first-order valence-corrected chi connectivity index (χ1v) is 20.3. The largest absolute Gasteiger partial charge is 0.356 e. The lowest BCUT2D eigenvalue weighted by molar-refractivity contribution is -0.136. The summed E-state index contributed by atoms with van der Waals surface area (Å²) < 4.78 is 0. The van der Waals surface area contributed by atoms with Gasteiger partial charge in [0.1, 0.15) is 28.4 Å². The van der Waals surface area contributed by atoms with Crippen LogP contribution in [0.1, 0.15) is 79.4 Å². The van der Waals surface area contributed by atoms with Crippen LogP contribution in [0.25, 0.3) is 0 Å². The molecule has 1 unspecified atom stereocenters. The zero-order valence-electron chi connectivity index (χ0n) is 32.3. The quantitative estimate of drug-likeness (QED) is 0.112. The van der Waals surface area contributed by atoms with Gasteiger partial charge in [-0.2, -0.15) is 0 Å². The van der Waals surface area contributed by atoms with Crippen molar-refractivity contribution >= 4 is 86.7 Å². The summed E-state index contributed by atoms with van der Waals surface area (Å²) in [6, 6.07) is 11.1. The Morgan fingerprint density at radius 2 is 1.75 bits per heavy atom. The van der Waals surface area contributed by atoms with Crippen molar-refractivity contribution in [3.8, 4) is 0 Å². The standard InChI is InChI=1S/C40H41ClN10O7S/c1-22-6-3-10-26(41)35(22)48-37(56)28-21-43-40(59-28)46-29-20-30(45-23(2)44-29)49-16-18-50(19-17-49)33(54)14-13-31(52)42-15-5-8-24-7-4-9-25-34(24)39(58)51(38(25)57)27-11-12-32(53)47-36(27)55/h3-4,6-7,9-10,20-21,27H,5,8,11-19H2,1-2H3,(H,42,52)(H,48,56)(H,47,53,55)(H,43,44,45,46). The molecule has 17 nitrogen and oxygen atoms in total. The van der Waals surface area contributed by atoms with Crippen molar-refractivity contribution in [2.24, 2.45) is 0 Å². The summed E-state index contributed by atoms with van der Waals surface area (Å²) in [6.07, 6.45) is 2.54. The predicted molar refractivity (Wildman–Crippen MR) is 219 cm³/mol. The number of piperazine rings is 1. The second-order valence-corrected chi connectivity index (χ2v) is 15.7. The maximum atomic E-state index is 13.3. The molecule has 0 bridgehead atoms. The molecule has 0 saturated carbocycles. The van der Waals surface area contributed by atoms with Gasteiger partial charge < -0.3 is 25.8 Å². The number of anilines is 4. The molecule has 2 fully saturated rings. The first-order chi connectivity index (χ1) is 28.4. The molecule has 0 spiro atoms. The second-order valence-electron chi connectivity index (χ2n) is 14.3. The third-order valence-corrected chi connectivity index (χ3v) is 11.5. The van der Waals surface area contributed by atoms with Crippen LogP contribution in [0.2, 0.25) is 5.02 Å². The highest BCUT2D eigenvalue weighted by Crippen LogP contribution is 2.31. The third kappa shape index (κ3) is 9.23. The summed E-state index contributed by atoms with van der Waals surface area (Å²) in [5.74, 6) is -1.25. The Kier molecular flexibility index (Phi) is 12.3. The van der Waals surface area contributed by atoms with Gasteiger partial charge in [0, 0.05) is 58.1 Å². The number of nitrogens with zero attached hydrogens (tertiary/aromatic N) is 6. The van der Waals surface area contributed by atoms with E-state index in [-0.39, 0.29) is 54.5 Å². The van der Waals surface area contributed by atoms with Crippen molar-refractivity contribution in [1.82, 2.24) is 35.4 Å². The smallest absolute Gasteiger partial charge is 0.267 e. The second kappa shape index (κ2) is 17.7. The van der Waals surface area contributed by atoms with Crippen LogP contribution in [0.5, 0.6) is 0 Å². The number of hydrogen-bond acceptors (Lipinski definition) is 13. The molecule has 0 aliphatic carbocycles. The van der Waals surface area contributed by atoms with Gasteiger partial charge in [0.2, 0.25) is 23.6 Å². The molecule has 59 heavy (non-hydrogen) atoms. The number of piperidine rings is 1. The molecule has 0 radical (unpaired) electrons. The highest BCUT2D eigenvalue weighted by atomic mass is 35.5. The first-order valence-electron chi connectivity index (χ1n) is 19.1. The van der Waals surface area contributed by atoms with Gasteiger partial charge in [-0.05, 0) is 56.4 Å². The summed E-state index contributed by atoms with van der Waals surface area (Å²) in [7, 11) is 0. The minimum absolute atomic E-state index is 0.0214. The number of carbonyl (C=O) groups is 7. The molecule has 19 heteroatoms. The van der Waals surface area contributed by atoms with Gasteiger partial charge in [-0.1, -0.05) is 47.2 Å². The molecular weight excluding hydrogens is 800 g/mol. The molecule has 4 N–H and O–H groups in total. The highest BCUT2D eigenvalue weighted by Gasteiger charge is 2.45. The average molecular weight is 841 g/mol. The van der Waals surface area contributed by atoms with E-state index in [2.05, 4.69) is 41.1 Å². The molecule has 7 amide bonds. The lowest BCUT2D eigenvalue weighted by atomic mass is 9.99. The van der Waals surface area contributed by atoms with Crippen molar-refractivity contribution in [3.05, 3.63) is 86.6 Å². The number of amides is 7. The number of thiazole rings is 1. The lowest BCUT2D eigenvalue weighted by Crippen LogP contribution is -2.54. The molecule has 1 atom stereocenters. The molecule has 2 aromatic heterocycles. The van der Waals surface area contributed by atoms with Crippen LogP contribution in [0.4, 0.5) is 22.5 Å². The molecule has 4 aromatic rings. The monoisotopic (exact) mass is 840 g/mol. The maximum Gasteiger partial charge on any atom is 0.267 e. The Balaban J connectivity index is 0.838. The number of nitrogens with one attached hydrogen (secondary N) is 4. The molecule has 2 saturated heterocycles. The van der Waals surface area contributed by atoms with E-state index in [0.717, 1.165) is 10.5 Å². The summed E-state index contributed by atoms with van der Waals surface area (Å²) in [6.45, 7) is 5.89. The minimum Gasteiger partial charge on any atom is -0.356 e. The fourth-order valence-corrected chi connectivity index (χ4v) is 8.23. The number of carbonyl (C=O) groups excluding carboxylic acids is 7.